The van der Waals surface area contributed by atoms with Crippen molar-refractivity contribution in [2.75, 3.05) is 26.2 Å². The first kappa shape index (κ1) is 15.9. The van der Waals surface area contributed by atoms with Crippen molar-refractivity contribution in [3.63, 3.8) is 0 Å². The summed E-state index contributed by atoms with van der Waals surface area (Å²) in [5.74, 6) is 0. The van der Waals surface area contributed by atoms with Crippen LogP contribution in [-0.2, 0) is 6.42 Å². The fraction of sp³-hybridized carbons (Fsp3) is 0.455. The summed E-state index contributed by atoms with van der Waals surface area (Å²) in [5, 5.41) is 3.49. The Morgan fingerprint density at radius 2 is 1.79 bits per heavy atom. The van der Waals surface area contributed by atoms with Crippen LogP contribution in [0.25, 0.3) is 11.1 Å². The molecule has 0 aromatic heterocycles. The minimum absolute atomic E-state index is 0.584. The van der Waals surface area contributed by atoms with Gasteiger partial charge < -0.3 is 5.32 Å². The number of nitrogens with one attached hydrogen (secondary N) is 1. The topological polar surface area (TPSA) is 15.3 Å². The number of rotatable bonds is 5. The van der Waals surface area contributed by atoms with E-state index in [2.05, 4.69) is 59.6 Å². The summed E-state index contributed by atoms with van der Waals surface area (Å²) < 4.78 is 0. The Morgan fingerprint density at radius 1 is 1.00 bits per heavy atom. The minimum atomic E-state index is 0.584. The van der Waals surface area contributed by atoms with Crippen LogP contribution in [-0.4, -0.2) is 31.1 Å². The first-order valence-corrected chi connectivity index (χ1v) is 9.52. The van der Waals surface area contributed by atoms with Crippen LogP contribution in [0.3, 0.4) is 0 Å². The predicted molar refractivity (Wildman–Crippen MR) is 101 cm³/mol. The van der Waals surface area contributed by atoms with Crippen molar-refractivity contribution < 1.29 is 0 Å². The maximum absolute atomic E-state index is 3.49. The van der Waals surface area contributed by atoms with Crippen molar-refractivity contribution in [1.29, 1.82) is 0 Å². The van der Waals surface area contributed by atoms with Crippen LogP contribution in [0.2, 0.25) is 0 Å². The first-order valence-electron chi connectivity index (χ1n) is 9.52. The van der Waals surface area contributed by atoms with Gasteiger partial charge in [0.1, 0.15) is 0 Å². The van der Waals surface area contributed by atoms with Gasteiger partial charge in [-0.3, -0.25) is 4.90 Å². The maximum Gasteiger partial charge on any atom is 0.0349 e. The Hall–Kier alpha value is -1.64. The lowest BCUT2D eigenvalue weighted by molar-refractivity contribution is 0.163. The van der Waals surface area contributed by atoms with E-state index in [1.54, 1.807) is 0 Å². The second-order valence-corrected chi connectivity index (χ2v) is 7.19. The van der Waals surface area contributed by atoms with Gasteiger partial charge in [0.25, 0.3) is 0 Å². The molecule has 24 heavy (non-hydrogen) atoms. The highest BCUT2D eigenvalue weighted by Gasteiger charge is 2.24. The average molecular weight is 320 g/mol. The lowest BCUT2D eigenvalue weighted by Crippen LogP contribution is -2.45. The van der Waals surface area contributed by atoms with Gasteiger partial charge in [0, 0.05) is 32.2 Å². The van der Waals surface area contributed by atoms with E-state index in [1.165, 1.54) is 60.2 Å². The Morgan fingerprint density at radius 3 is 2.62 bits per heavy atom. The number of hydrogen-bond acceptors (Lipinski definition) is 2. The number of piperazine rings is 1. The standard InChI is InChI=1S/C22H28N2/c1-2-3-8-22(24-13-11-23-12-14-24)18-9-10-21-19(16-18)15-17-6-4-5-7-20(17)21/h4-7,9-10,16,22-23H,2-3,8,11-15H2,1H3/t22-/m0/s1. The van der Waals surface area contributed by atoms with Crippen molar-refractivity contribution in [1.82, 2.24) is 10.2 Å². The zero-order valence-electron chi connectivity index (χ0n) is 14.7. The van der Waals surface area contributed by atoms with Crippen molar-refractivity contribution >= 4 is 0 Å². The Bertz CT molecular complexity index is 701. The van der Waals surface area contributed by atoms with Gasteiger partial charge in [-0.05, 0) is 40.7 Å². The molecule has 2 heteroatoms. The normalized spacial score (nSPS) is 18.2. The molecular weight excluding hydrogens is 292 g/mol. The van der Waals surface area contributed by atoms with Crippen LogP contribution in [0.5, 0.6) is 0 Å². The lowest BCUT2D eigenvalue weighted by Gasteiger charge is -2.35. The minimum Gasteiger partial charge on any atom is -0.314 e. The van der Waals surface area contributed by atoms with E-state index in [9.17, 15) is 0 Å². The van der Waals surface area contributed by atoms with Crippen molar-refractivity contribution in [3.8, 4) is 11.1 Å². The molecule has 1 aliphatic heterocycles. The number of unbranched alkanes of at least 4 members (excludes halogenated alkanes) is 1. The van der Waals surface area contributed by atoms with Gasteiger partial charge in [0.15, 0.2) is 0 Å². The molecule has 1 atom stereocenters. The number of benzene rings is 2. The van der Waals surface area contributed by atoms with Gasteiger partial charge in [-0.15, -0.1) is 0 Å². The fourth-order valence-corrected chi connectivity index (χ4v) is 4.32. The maximum atomic E-state index is 3.49. The number of nitrogens with zero attached hydrogens (tertiary/aromatic N) is 1. The highest BCUT2D eigenvalue weighted by molar-refractivity contribution is 5.77. The molecule has 2 aromatic rings. The van der Waals surface area contributed by atoms with Crippen LogP contribution in [0.15, 0.2) is 42.5 Å². The zero-order valence-corrected chi connectivity index (χ0v) is 14.7. The van der Waals surface area contributed by atoms with Gasteiger partial charge in [-0.2, -0.15) is 0 Å². The third kappa shape index (κ3) is 3.01. The largest absolute Gasteiger partial charge is 0.314 e. The van der Waals surface area contributed by atoms with E-state index >= 15 is 0 Å². The summed E-state index contributed by atoms with van der Waals surface area (Å²) in [7, 11) is 0. The van der Waals surface area contributed by atoms with Crippen LogP contribution in [0, 0.1) is 0 Å². The molecule has 2 nitrogen and oxygen atoms in total. The number of fused-ring (bicyclic) bond motifs is 3. The second-order valence-electron chi connectivity index (χ2n) is 7.19. The molecule has 4 rings (SSSR count). The Kier molecular flexibility index (Phi) is 4.68. The van der Waals surface area contributed by atoms with Gasteiger partial charge in [0.2, 0.25) is 0 Å². The Labute approximate surface area is 145 Å². The molecule has 0 bridgehead atoms. The molecule has 1 heterocycles. The highest BCUT2D eigenvalue weighted by atomic mass is 15.2. The molecule has 126 valence electrons. The summed E-state index contributed by atoms with van der Waals surface area (Å²) in [6.07, 6.45) is 4.97. The summed E-state index contributed by atoms with van der Waals surface area (Å²) in [6.45, 7) is 6.89. The molecule has 2 aromatic carbocycles. The fourth-order valence-electron chi connectivity index (χ4n) is 4.32. The van der Waals surface area contributed by atoms with Crippen LogP contribution in [0.4, 0.5) is 0 Å². The second kappa shape index (κ2) is 7.08. The molecule has 0 spiro atoms. The molecule has 1 saturated heterocycles. The molecule has 0 radical (unpaired) electrons. The van der Waals surface area contributed by atoms with Crippen molar-refractivity contribution in [2.45, 2.75) is 38.6 Å². The van der Waals surface area contributed by atoms with E-state index in [4.69, 9.17) is 0 Å². The molecule has 2 aliphatic rings. The van der Waals surface area contributed by atoms with E-state index in [0.29, 0.717) is 6.04 Å². The summed E-state index contributed by atoms with van der Waals surface area (Å²) >= 11 is 0. The van der Waals surface area contributed by atoms with Crippen LogP contribution >= 0.6 is 0 Å². The van der Waals surface area contributed by atoms with Crippen LogP contribution in [0.1, 0.15) is 48.9 Å². The summed E-state index contributed by atoms with van der Waals surface area (Å²) in [5.41, 5.74) is 7.41. The van der Waals surface area contributed by atoms with Crippen molar-refractivity contribution in [3.05, 3.63) is 59.2 Å². The predicted octanol–water partition coefficient (Wildman–Crippen LogP) is 4.39. The number of hydrogen-bond donors (Lipinski definition) is 1. The van der Waals surface area contributed by atoms with E-state index in [1.807, 2.05) is 0 Å². The molecular formula is C22H28N2. The van der Waals surface area contributed by atoms with Gasteiger partial charge in [-0.25, -0.2) is 0 Å². The van der Waals surface area contributed by atoms with Crippen molar-refractivity contribution in [2.24, 2.45) is 0 Å². The Balaban J connectivity index is 1.63. The van der Waals surface area contributed by atoms with Gasteiger partial charge in [-0.1, -0.05) is 62.2 Å². The lowest BCUT2D eigenvalue weighted by atomic mass is 9.95. The quantitative estimate of drug-likeness (QED) is 0.750. The molecule has 0 unspecified atom stereocenters. The SMILES string of the molecule is CCCC[C@@H](c1ccc2c(c1)Cc1ccccc1-2)N1CCNCC1. The summed E-state index contributed by atoms with van der Waals surface area (Å²) in [4.78, 5) is 2.69. The van der Waals surface area contributed by atoms with Gasteiger partial charge >= 0.3 is 0 Å². The third-order valence-corrected chi connectivity index (χ3v) is 5.63. The molecule has 0 amide bonds. The zero-order chi connectivity index (χ0) is 16.4. The van der Waals surface area contributed by atoms with Crippen LogP contribution < -0.4 is 5.32 Å². The highest BCUT2D eigenvalue weighted by Crippen LogP contribution is 2.38. The average Bonchev–Trinajstić information content (AvgIpc) is 3.01. The van der Waals surface area contributed by atoms with Gasteiger partial charge in [0.05, 0.1) is 0 Å². The molecule has 1 aliphatic carbocycles. The molecule has 1 fully saturated rings. The smallest absolute Gasteiger partial charge is 0.0349 e. The van der Waals surface area contributed by atoms with E-state index in [-0.39, 0.29) is 0 Å². The monoisotopic (exact) mass is 320 g/mol. The summed E-state index contributed by atoms with van der Waals surface area (Å²) in [6, 6.07) is 16.7. The van der Waals surface area contributed by atoms with E-state index in [0.717, 1.165) is 19.5 Å². The third-order valence-electron chi connectivity index (χ3n) is 5.63. The van der Waals surface area contributed by atoms with E-state index < -0.39 is 0 Å². The molecule has 1 N–H and O–H groups in total. The molecule has 0 saturated carbocycles. The first-order chi connectivity index (χ1) is 11.9.